The van der Waals surface area contributed by atoms with Crippen LogP contribution in [0.1, 0.15) is 12.5 Å². The molecule has 2 aromatic rings. The molecule has 2 atom stereocenters. The van der Waals surface area contributed by atoms with Crippen molar-refractivity contribution >= 4 is 34.8 Å². The number of halogens is 2. The van der Waals surface area contributed by atoms with E-state index in [1.165, 1.54) is 0 Å². The molecular weight excluding hydrogens is 319 g/mol. The first-order chi connectivity index (χ1) is 10.5. The fourth-order valence-electron chi connectivity index (χ4n) is 2.13. The van der Waals surface area contributed by atoms with Crippen LogP contribution in [0.5, 0.6) is 0 Å². The van der Waals surface area contributed by atoms with E-state index in [9.17, 15) is 4.79 Å². The SMILES string of the molecule is C[C@H](C(=O)Nc1ccccc1)[NH+](C)Cc1cccc(Cl)c1Cl. The highest BCUT2D eigenvalue weighted by Crippen LogP contribution is 2.24. The summed E-state index contributed by atoms with van der Waals surface area (Å²) >= 11 is 12.2. The second-order valence-electron chi connectivity index (χ2n) is 5.31. The number of anilines is 1. The van der Waals surface area contributed by atoms with Gasteiger partial charge in [0.05, 0.1) is 17.1 Å². The molecule has 0 aliphatic carbocycles. The lowest BCUT2D eigenvalue weighted by molar-refractivity contribution is -0.907. The lowest BCUT2D eigenvalue weighted by Gasteiger charge is -2.21. The molecule has 0 heterocycles. The summed E-state index contributed by atoms with van der Waals surface area (Å²) in [6.45, 7) is 2.52. The summed E-state index contributed by atoms with van der Waals surface area (Å²) in [6.07, 6.45) is 0. The Hall–Kier alpha value is -1.55. The van der Waals surface area contributed by atoms with E-state index < -0.39 is 0 Å². The minimum absolute atomic E-state index is 0.0261. The molecule has 0 bridgehead atoms. The van der Waals surface area contributed by atoms with E-state index in [1.807, 2.05) is 56.4 Å². The minimum atomic E-state index is -0.213. The molecule has 1 unspecified atom stereocenters. The molecule has 0 aliphatic heterocycles. The van der Waals surface area contributed by atoms with Gasteiger partial charge in [-0.1, -0.05) is 53.5 Å². The first-order valence-electron chi connectivity index (χ1n) is 7.10. The van der Waals surface area contributed by atoms with Crippen molar-refractivity contribution in [1.29, 1.82) is 0 Å². The van der Waals surface area contributed by atoms with Gasteiger partial charge >= 0.3 is 0 Å². The van der Waals surface area contributed by atoms with E-state index in [2.05, 4.69) is 5.32 Å². The number of hydrogen-bond donors (Lipinski definition) is 2. The van der Waals surface area contributed by atoms with Gasteiger partial charge in [-0.3, -0.25) is 4.79 Å². The van der Waals surface area contributed by atoms with Crippen LogP contribution in [0.3, 0.4) is 0 Å². The number of likely N-dealkylation sites (N-methyl/N-ethyl adjacent to an activating group) is 1. The largest absolute Gasteiger partial charge is 0.324 e. The van der Waals surface area contributed by atoms with Crippen molar-refractivity contribution < 1.29 is 9.69 Å². The van der Waals surface area contributed by atoms with E-state index in [1.54, 1.807) is 6.07 Å². The van der Waals surface area contributed by atoms with E-state index in [4.69, 9.17) is 23.2 Å². The zero-order valence-corrected chi connectivity index (χ0v) is 14.1. The number of amides is 1. The highest BCUT2D eigenvalue weighted by molar-refractivity contribution is 6.42. The zero-order chi connectivity index (χ0) is 16.1. The molecule has 0 aliphatic rings. The van der Waals surface area contributed by atoms with E-state index in [-0.39, 0.29) is 11.9 Å². The maximum Gasteiger partial charge on any atom is 0.282 e. The molecule has 3 nitrogen and oxygen atoms in total. The molecular formula is C17H19Cl2N2O+. The Balaban J connectivity index is 2.01. The summed E-state index contributed by atoms with van der Waals surface area (Å²) in [5, 5.41) is 4.01. The van der Waals surface area contributed by atoms with Gasteiger partial charge in [-0.2, -0.15) is 0 Å². The van der Waals surface area contributed by atoms with E-state index in [0.717, 1.165) is 16.2 Å². The number of quaternary nitrogens is 1. The molecule has 2 rings (SSSR count). The van der Waals surface area contributed by atoms with Crippen molar-refractivity contribution in [3.05, 3.63) is 64.1 Å². The third kappa shape index (κ3) is 4.23. The monoisotopic (exact) mass is 337 g/mol. The van der Waals surface area contributed by atoms with Crippen LogP contribution in [0.15, 0.2) is 48.5 Å². The Morgan fingerprint density at radius 3 is 2.50 bits per heavy atom. The number of hydrogen-bond acceptors (Lipinski definition) is 1. The smallest absolute Gasteiger partial charge is 0.282 e. The van der Waals surface area contributed by atoms with Crippen LogP contribution in [0.4, 0.5) is 5.69 Å². The third-order valence-electron chi connectivity index (χ3n) is 3.67. The Morgan fingerprint density at radius 2 is 1.82 bits per heavy atom. The van der Waals surface area contributed by atoms with Gasteiger partial charge in [-0.15, -0.1) is 0 Å². The van der Waals surface area contributed by atoms with Crippen LogP contribution in [0.25, 0.3) is 0 Å². The molecule has 0 aromatic heterocycles. The van der Waals surface area contributed by atoms with Gasteiger partial charge in [0, 0.05) is 11.3 Å². The first-order valence-corrected chi connectivity index (χ1v) is 7.85. The Morgan fingerprint density at radius 1 is 1.14 bits per heavy atom. The summed E-state index contributed by atoms with van der Waals surface area (Å²) < 4.78 is 0. The maximum absolute atomic E-state index is 12.3. The fraction of sp³-hybridized carbons (Fsp3) is 0.235. The van der Waals surface area contributed by atoms with E-state index >= 15 is 0 Å². The topological polar surface area (TPSA) is 33.5 Å². The van der Waals surface area contributed by atoms with Crippen molar-refractivity contribution in [3.8, 4) is 0 Å². The van der Waals surface area contributed by atoms with Crippen molar-refractivity contribution in [3.63, 3.8) is 0 Å². The molecule has 116 valence electrons. The normalized spacial score (nSPS) is 13.5. The van der Waals surface area contributed by atoms with Crippen molar-refractivity contribution in [2.45, 2.75) is 19.5 Å². The average molecular weight is 338 g/mol. The van der Waals surface area contributed by atoms with Gasteiger partial charge in [0.25, 0.3) is 5.91 Å². The Bertz CT molecular complexity index is 646. The highest BCUT2D eigenvalue weighted by Gasteiger charge is 2.23. The zero-order valence-electron chi connectivity index (χ0n) is 12.6. The summed E-state index contributed by atoms with van der Waals surface area (Å²) in [4.78, 5) is 13.3. The number of nitrogens with one attached hydrogen (secondary N) is 2. The molecule has 0 radical (unpaired) electrons. The van der Waals surface area contributed by atoms with Crippen LogP contribution >= 0.6 is 23.2 Å². The highest BCUT2D eigenvalue weighted by atomic mass is 35.5. The molecule has 2 N–H and O–H groups in total. The predicted molar refractivity (Wildman–Crippen MR) is 91.6 cm³/mol. The number of carbonyl (C=O) groups is 1. The molecule has 1 amide bonds. The van der Waals surface area contributed by atoms with Crippen molar-refractivity contribution in [1.82, 2.24) is 0 Å². The number of benzene rings is 2. The van der Waals surface area contributed by atoms with Gasteiger partial charge in [0.2, 0.25) is 0 Å². The molecule has 0 spiro atoms. The number of para-hydroxylation sites is 1. The third-order valence-corrected chi connectivity index (χ3v) is 4.53. The van der Waals surface area contributed by atoms with Gasteiger partial charge in [0.1, 0.15) is 6.54 Å². The second-order valence-corrected chi connectivity index (χ2v) is 6.10. The molecule has 0 fully saturated rings. The quantitative estimate of drug-likeness (QED) is 0.863. The summed E-state index contributed by atoms with van der Waals surface area (Å²) in [6, 6.07) is 14.8. The Labute approximate surface area is 140 Å². The number of carbonyl (C=O) groups excluding carboxylic acids is 1. The molecule has 2 aromatic carbocycles. The second kappa shape index (κ2) is 7.63. The molecule has 22 heavy (non-hydrogen) atoms. The van der Waals surface area contributed by atoms with Crippen LogP contribution in [0.2, 0.25) is 10.0 Å². The van der Waals surface area contributed by atoms with E-state index in [0.29, 0.717) is 16.6 Å². The fourth-order valence-corrected chi connectivity index (χ4v) is 2.52. The van der Waals surface area contributed by atoms with Gasteiger partial charge in [-0.05, 0) is 25.1 Å². The summed E-state index contributed by atoms with van der Waals surface area (Å²) in [5.74, 6) is -0.0261. The van der Waals surface area contributed by atoms with Gasteiger partial charge in [-0.25, -0.2) is 0 Å². The summed E-state index contributed by atoms with van der Waals surface area (Å²) in [5.41, 5.74) is 1.74. The molecule has 5 heteroatoms. The van der Waals surface area contributed by atoms with Gasteiger partial charge in [0.15, 0.2) is 6.04 Å². The number of rotatable bonds is 5. The predicted octanol–water partition coefficient (Wildman–Crippen LogP) is 3.04. The lowest BCUT2D eigenvalue weighted by Crippen LogP contribution is -3.12. The summed E-state index contributed by atoms with van der Waals surface area (Å²) in [7, 11) is 1.96. The maximum atomic E-state index is 12.3. The van der Waals surface area contributed by atoms with Crippen molar-refractivity contribution in [2.75, 3.05) is 12.4 Å². The Kier molecular flexibility index (Phi) is 5.83. The standard InChI is InChI=1S/C17H18Cl2N2O/c1-12(17(22)20-14-8-4-3-5-9-14)21(2)11-13-7-6-10-15(18)16(13)19/h3-10,12H,11H2,1-2H3,(H,20,22)/p+1/t12-/m1/s1. The molecule has 0 saturated carbocycles. The molecule has 0 saturated heterocycles. The lowest BCUT2D eigenvalue weighted by atomic mass is 10.2. The van der Waals surface area contributed by atoms with Crippen LogP contribution in [0, 0.1) is 0 Å². The minimum Gasteiger partial charge on any atom is -0.324 e. The average Bonchev–Trinajstić information content (AvgIpc) is 2.52. The van der Waals surface area contributed by atoms with Crippen LogP contribution in [-0.2, 0) is 11.3 Å². The van der Waals surface area contributed by atoms with Crippen LogP contribution < -0.4 is 10.2 Å². The van der Waals surface area contributed by atoms with Gasteiger partial charge < -0.3 is 10.2 Å². The first kappa shape index (κ1) is 16.8. The van der Waals surface area contributed by atoms with Crippen molar-refractivity contribution in [2.24, 2.45) is 0 Å². The van der Waals surface area contributed by atoms with Crippen LogP contribution in [-0.4, -0.2) is 19.0 Å².